The van der Waals surface area contributed by atoms with Crippen molar-refractivity contribution in [2.24, 2.45) is 5.73 Å². The highest BCUT2D eigenvalue weighted by Crippen LogP contribution is 2.47. The number of nitriles is 1. The molecular weight excluding hydrogens is 409 g/mol. The number of nitrogens with two attached hydrogens (primary N) is 1. The summed E-state index contributed by atoms with van der Waals surface area (Å²) in [6.07, 6.45) is 1.76. The second-order valence-electron chi connectivity index (χ2n) is 6.65. The molecule has 0 bridgehead atoms. The number of benzene rings is 1. The van der Waals surface area contributed by atoms with Gasteiger partial charge in [0.05, 0.1) is 17.6 Å². The fourth-order valence-corrected chi connectivity index (χ4v) is 5.55. The van der Waals surface area contributed by atoms with Crippen LogP contribution in [0, 0.1) is 17.1 Å². The molecular formula is C20H18FN5OS2. The van der Waals surface area contributed by atoms with Gasteiger partial charge in [0.15, 0.2) is 10.1 Å². The van der Waals surface area contributed by atoms with E-state index in [2.05, 4.69) is 16.3 Å². The lowest BCUT2D eigenvalue weighted by atomic mass is 9.76. The first kappa shape index (κ1) is 19.6. The van der Waals surface area contributed by atoms with Gasteiger partial charge < -0.3 is 5.73 Å². The van der Waals surface area contributed by atoms with Crippen molar-refractivity contribution in [1.82, 2.24) is 10.2 Å². The van der Waals surface area contributed by atoms with E-state index < -0.39 is 5.92 Å². The lowest BCUT2D eigenvalue weighted by Gasteiger charge is -2.38. The molecule has 1 unspecified atom stereocenters. The van der Waals surface area contributed by atoms with E-state index in [9.17, 15) is 14.4 Å². The summed E-state index contributed by atoms with van der Waals surface area (Å²) in [7, 11) is 0. The van der Waals surface area contributed by atoms with Gasteiger partial charge in [-0.3, -0.25) is 9.69 Å². The van der Waals surface area contributed by atoms with Gasteiger partial charge >= 0.3 is 0 Å². The molecule has 4 rings (SSSR count). The zero-order chi connectivity index (χ0) is 20.5. The Morgan fingerprint density at radius 3 is 2.79 bits per heavy atom. The van der Waals surface area contributed by atoms with Crippen molar-refractivity contribution in [2.75, 3.05) is 10.7 Å². The molecule has 2 aliphatic rings. The Labute approximate surface area is 175 Å². The van der Waals surface area contributed by atoms with Crippen LogP contribution in [0.4, 0.5) is 9.52 Å². The van der Waals surface area contributed by atoms with Gasteiger partial charge in [-0.25, -0.2) is 4.39 Å². The van der Waals surface area contributed by atoms with Gasteiger partial charge in [0.25, 0.3) is 0 Å². The second kappa shape index (κ2) is 7.97. The molecule has 0 spiro atoms. The Kier molecular flexibility index (Phi) is 5.39. The summed E-state index contributed by atoms with van der Waals surface area (Å²) in [6.45, 7) is 2.03. The lowest BCUT2D eigenvalue weighted by Crippen LogP contribution is -2.38. The standard InChI is InChI=1S/C20H18FN5OS2/c1-2-28-20-25-24-19(29-20)26-14-4-3-5-15(27)17(14)16(13(10-22)18(26)23)11-6-8-12(21)9-7-11/h6-9,16H,2-5,23H2,1H3. The smallest absolute Gasteiger partial charge is 0.219 e. The molecule has 2 heterocycles. The SMILES string of the molecule is CCSc1nnc(N2C(N)=C(C#N)C(c3ccc(F)cc3)C3=C2CCCC3=O)s1. The Bertz CT molecular complexity index is 1070. The van der Waals surface area contributed by atoms with Crippen molar-refractivity contribution in [3.63, 3.8) is 0 Å². The Balaban J connectivity index is 1.90. The maximum Gasteiger partial charge on any atom is 0.219 e. The van der Waals surface area contributed by atoms with Crippen LogP contribution in [-0.2, 0) is 4.79 Å². The number of thioether (sulfide) groups is 1. The highest BCUT2D eigenvalue weighted by Gasteiger charge is 2.41. The summed E-state index contributed by atoms with van der Waals surface area (Å²) in [5.41, 5.74) is 8.71. The Morgan fingerprint density at radius 2 is 2.10 bits per heavy atom. The van der Waals surface area contributed by atoms with Crippen LogP contribution in [0.5, 0.6) is 0 Å². The number of halogens is 1. The van der Waals surface area contributed by atoms with Crippen LogP contribution in [0.25, 0.3) is 0 Å². The summed E-state index contributed by atoms with van der Waals surface area (Å²) >= 11 is 2.96. The number of aromatic nitrogens is 2. The van der Waals surface area contributed by atoms with Crippen LogP contribution in [0.2, 0.25) is 0 Å². The number of nitrogens with zero attached hydrogens (tertiary/aromatic N) is 4. The van der Waals surface area contributed by atoms with E-state index >= 15 is 0 Å². The van der Waals surface area contributed by atoms with Gasteiger partial charge in [0.1, 0.15) is 11.6 Å². The summed E-state index contributed by atoms with van der Waals surface area (Å²) in [6, 6.07) is 8.06. The number of Topliss-reactive ketones (excluding diaryl/α,β-unsaturated/α-hetero) is 1. The van der Waals surface area contributed by atoms with Gasteiger partial charge in [-0.05, 0) is 36.3 Å². The normalized spacial score (nSPS) is 19.4. The fourth-order valence-electron chi connectivity index (χ4n) is 3.77. The summed E-state index contributed by atoms with van der Waals surface area (Å²) in [4.78, 5) is 14.7. The molecule has 1 aliphatic carbocycles. The minimum absolute atomic E-state index is 0.0153. The average Bonchev–Trinajstić information content (AvgIpc) is 3.16. The molecule has 2 N–H and O–H groups in total. The minimum Gasteiger partial charge on any atom is -0.384 e. The van der Waals surface area contributed by atoms with E-state index in [4.69, 9.17) is 5.73 Å². The predicted molar refractivity (Wildman–Crippen MR) is 111 cm³/mol. The first-order chi connectivity index (χ1) is 14.0. The average molecular weight is 428 g/mol. The monoisotopic (exact) mass is 427 g/mol. The molecule has 0 amide bonds. The van der Waals surface area contributed by atoms with E-state index in [-0.39, 0.29) is 23.0 Å². The lowest BCUT2D eigenvalue weighted by molar-refractivity contribution is -0.116. The van der Waals surface area contributed by atoms with Crippen molar-refractivity contribution in [3.8, 4) is 6.07 Å². The van der Waals surface area contributed by atoms with E-state index in [1.165, 1.54) is 23.5 Å². The third-order valence-corrected chi connectivity index (χ3v) is 6.90. The molecule has 2 aromatic rings. The number of hydrogen-bond donors (Lipinski definition) is 1. The van der Waals surface area contributed by atoms with Crippen LogP contribution >= 0.6 is 23.1 Å². The Hall–Kier alpha value is -2.70. The second-order valence-corrected chi connectivity index (χ2v) is 9.12. The van der Waals surface area contributed by atoms with Crippen LogP contribution in [0.15, 0.2) is 51.3 Å². The number of ketones is 1. The van der Waals surface area contributed by atoms with Crippen LogP contribution < -0.4 is 10.6 Å². The molecule has 29 heavy (non-hydrogen) atoms. The van der Waals surface area contributed by atoms with E-state index in [1.807, 2.05) is 6.92 Å². The van der Waals surface area contributed by atoms with E-state index in [0.717, 1.165) is 15.8 Å². The summed E-state index contributed by atoms with van der Waals surface area (Å²) < 4.78 is 14.3. The number of anilines is 1. The van der Waals surface area contributed by atoms with Crippen molar-refractivity contribution in [1.29, 1.82) is 5.26 Å². The first-order valence-electron chi connectivity index (χ1n) is 9.23. The van der Waals surface area contributed by atoms with Crippen LogP contribution in [-0.4, -0.2) is 21.7 Å². The molecule has 1 aromatic carbocycles. The molecule has 6 nitrogen and oxygen atoms in total. The molecule has 0 fully saturated rings. The summed E-state index contributed by atoms with van der Waals surface area (Å²) in [5.74, 6) is 0.123. The highest BCUT2D eigenvalue weighted by atomic mass is 32.2. The molecule has 0 saturated heterocycles. The topological polar surface area (TPSA) is 95.9 Å². The number of allylic oxidation sites excluding steroid dienone is 3. The van der Waals surface area contributed by atoms with Gasteiger partial charge in [0.2, 0.25) is 5.13 Å². The third kappa shape index (κ3) is 3.43. The van der Waals surface area contributed by atoms with Gasteiger partial charge in [-0.1, -0.05) is 42.2 Å². The van der Waals surface area contributed by atoms with Crippen molar-refractivity contribution < 1.29 is 9.18 Å². The summed E-state index contributed by atoms with van der Waals surface area (Å²) in [5, 5.41) is 18.9. The molecule has 148 valence electrons. The largest absolute Gasteiger partial charge is 0.384 e. The first-order valence-corrected chi connectivity index (χ1v) is 11.0. The van der Waals surface area contributed by atoms with Gasteiger partial charge in [-0.15, -0.1) is 10.2 Å². The van der Waals surface area contributed by atoms with E-state index in [0.29, 0.717) is 35.5 Å². The van der Waals surface area contributed by atoms with Gasteiger partial charge in [0, 0.05) is 17.7 Å². The maximum absolute atomic E-state index is 13.5. The van der Waals surface area contributed by atoms with Crippen molar-refractivity contribution in [3.05, 3.63) is 58.3 Å². The van der Waals surface area contributed by atoms with Crippen molar-refractivity contribution >= 4 is 34.0 Å². The van der Waals surface area contributed by atoms with Crippen LogP contribution in [0.3, 0.4) is 0 Å². The van der Waals surface area contributed by atoms with Crippen molar-refractivity contribution in [2.45, 2.75) is 36.4 Å². The molecule has 1 aliphatic heterocycles. The number of rotatable bonds is 4. The molecule has 0 radical (unpaired) electrons. The predicted octanol–water partition coefficient (Wildman–Crippen LogP) is 4.09. The zero-order valence-corrected chi connectivity index (χ0v) is 17.3. The Morgan fingerprint density at radius 1 is 1.34 bits per heavy atom. The number of carbonyl (C=O) groups is 1. The zero-order valence-electron chi connectivity index (χ0n) is 15.7. The number of carbonyl (C=O) groups excluding carboxylic acids is 1. The van der Waals surface area contributed by atoms with Gasteiger partial charge in [-0.2, -0.15) is 5.26 Å². The highest BCUT2D eigenvalue weighted by molar-refractivity contribution is 8.01. The van der Waals surface area contributed by atoms with E-state index in [1.54, 1.807) is 28.8 Å². The minimum atomic E-state index is -0.600. The quantitative estimate of drug-likeness (QED) is 0.734. The maximum atomic E-state index is 13.5. The third-order valence-electron chi connectivity index (χ3n) is 4.97. The molecule has 0 saturated carbocycles. The fraction of sp³-hybridized carbons (Fsp3) is 0.300. The molecule has 1 atom stereocenters. The number of hydrogen-bond acceptors (Lipinski definition) is 8. The molecule has 9 heteroatoms. The van der Waals surface area contributed by atoms with Crippen LogP contribution in [0.1, 0.15) is 37.7 Å². The molecule has 1 aromatic heterocycles.